The van der Waals surface area contributed by atoms with Gasteiger partial charge in [0, 0.05) is 12.1 Å². The maximum Gasteiger partial charge on any atom is 0.347 e. The van der Waals surface area contributed by atoms with Crippen LogP contribution in [0.5, 0.6) is 0 Å². The molecule has 7 nitrogen and oxygen atoms in total. The molecule has 0 saturated carbocycles. The van der Waals surface area contributed by atoms with E-state index >= 15 is 0 Å². The molecule has 0 amide bonds. The summed E-state index contributed by atoms with van der Waals surface area (Å²) in [6.07, 6.45) is 0.179. The van der Waals surface area contributed by atoms with Gasteiger partial charge in [-0.1, -0.05) is 0 Å². The molecule has 1 fully saturated rings. The average Bonchev–Trinajstić information content (AvgIpc) is 2.41. The highest BCUT2D eigenvalue weighted by Gasteiger charge is 2.28. The van der Waals surface area contributed by atoms with E-state index in [9.17, 15) is 19.7 Å². The van der Waals surface area contributed by atoms with E-state index in [0.717, 1.165) is 0 Å². The number of non-ortho nitro benzene ring substituents is 1. The van der Waals surface area contributed by atoms with Crippen molar-refractivity contribution in [3.05, 3.63) is 39.9 Å². The molecule has 1 saturated heterocycles. The molecule has 0 unspecified atom stereocenters. The van der Waals surface area contributed by atoms with E-state index in [-0.39, 0.29) is 11.3 Å². The van der Waals surface area contributed by atoms with Gasteiger partial charge in [0.05, 0.1) is 17.1 Å². The van der Waals surface area contributed by atoms with Crippen molar-refractivity contribution in [2.45, 2.75) is 18.9 Å². The Labute approximate surface area is 108 Å². The molecule has 0 aliphatic carbocycles. The zero-order valence-corrected chi connectivity index (χ0v) is 9.90. The molecule has 0 radical (unpaired) electrons. The topological polar surface area (TPSA) is 95.7 Å². The van der Waals surface area contributed by atoms with Crippen molar-refractivity contribution in [3.63, 3.8) is 0 Å². The Morgan fingerprint density at radius 3 is 2.63 bits per heavy atom. The van der Waals surface area contributed by atoms with Gasteiger partial charge < -0.3 is 9.47 Å². The van der Waals surface area contributed by atoms with Crippen LogP contribution < -0.4 is 0 Å². The second kappa shape index (κ2) is 5.47. The van der Waals surface area contributed by atoms with Crippen LogP contribution in [0.2, 0.25) is 0 Å². The first-order valence-electron chi connectivity index (χ1n) is 5.70. The Hall–Kier alpha value is -2.44. The smallest absolute Gasteiger partial charge is 0.347 e. The van der Waals surface area contributed by atoms with Gasteiger partial charge in [-0.3, -0.25) is 10.1 Å². The summed E-state index contributed by atoms with van der Waals surface area (Å²) < 4.78 is 9.78. The number of benzene rings is 1. The molecule has 7 heteroatoms. The number of hydrogen-bond acceptors (Lipinski definition) is 6. The third-order valence-electron chi connectivity index (χ3n) is 2.68. The first-order chi connectivity index (χ1) is 9.08. The summed E-state index contributed by atoms with van der Waals surface area (Å²) in [4.78, 5) is 33.0. The van der Waals surface area contributed by atoms with E-state index in [0.29, 0.717) is 19.4 Å². The lowest BCUT2D eigenvalue weighted by Crippen LogP contribution is -2.33. The highest BCUT2D eigenvalue weighted by molar-refractivity contribution is 5.91. The fraction of sp³-hybridized carbons (Fsp3) is 0.333. The second-order valence-electron chi connectivity index (χ2n) is 4.01. The number of carbonyl (C=O) groups is 2. The molecule has 100 valence electrons. The van der Waals surface area contributed by atoms with Crippen LogP contribution in [0, 0.1) is 10.1 Å². The van der Waals surface area contributed by atoms with E-state index in [1.807, 2.05) is 0 Å². The molecule has 0 spiro atoms. The standard InChI is InChI=1S/C12H11NO6/c14-11(19-10-2-1-7-18-12(10)15)8-3-5-9(6-4-8)13(16)17/h3-6,10H,1-2,7H2/t10-/m0/s1. The van der Waals surface area contributed by atoms with E-state index in [1.165, 1.54) is 24.3 Å². The first kappa shape index (κ1) is 13.0. The predicted octanol–water partition coefficient (Wildman–Crippen LogP) is 1.46. The molecule has 1 aliphatic heterocycles. The summed E-state index contributed by atoms with van der Waals surface area (Å²) in [6.45, 7) is 0.338. The minimum Gasteiger partial charge on any atom is -0.463 e. The van der Waals surface area contributed by atoms with E-state index in [2.05, 4.69) is 0 Å². The first-order valence-corrected chi connectivity index (χ1v) is 5.70. The van der Waals surface area contributed by atoms with E-state index in [1.54, 1.807) is 0 Å². The third kappa shape index (κ3) is 3.06. The molecular formula is C12H11NO6. The summed E-state index contributed by atoms with van der Waals surface area (Å²) in [5.41, 5.74) is 0.0394. The number of hydrogen-bond donors (Lipinski definition) is 0. The van der Waals surface area contributed by atoms with Gasteiger partial charge in [-0.2, -0.15) is 0 Å². The number of nitro benzene ring substituents is 1. The van der Waals surface area contributed by atoms with Gasteiger partial charge in [-0.25, -0.2) is 9.59 Å². The molecule has 1 aromatic rings. The van der Waals surface area contributed by atoms with Crippen molar-refractivity contribution in [2.24, 2.45) is 0 Å². The molecule has 1 aromatic carbocycles. The van der Waals surface area contributed by atoms with E-state index in [4.69, 9.17) is 9.47 Å². The van der Waals surface area contributed by atoms with Crippen LogP contribution in [0.4, 0.5) is 5.69 Å². The van der Waals surface area contributed by atoms with E-state index < -0.39 is 23.0 Å². The molecule has 0 bridgehead atoms. The number of nitrogens with zero attached hydrogens (tertiary/aromatic N) is 1. The molecule has 0 N–H and O–H groups in total. The van der Waals surface area contributed by atoms with Crippen molar-refractivity contribution in [3.8, 4) is 0 Å². The largest absolute Gasteiger partial charge is 0.463 e. The lowest BCUT2D eigenvalue weighted by atomic mass is 10.1. The second-order valence-corrected chi connectivity index (χ2v) is 4.01. The van der Waals surface area contributed by atoms with Gasteiger partial charge in [0.2, 0.25) is 0 Å². The SMILES string of the molecule is O=C(O[C@H]1CCCOC1=O)c1ccc([N+](=O)[O-])cc1. The summed E-state index contributed by atoms with van der Waals surface area (Å²) in [5.74, 6) is -1.25. The number of ether oxygens (including phenoxy) is 2. The van der Waals surface area contributed by atoms with Gasteiger partial charge in [-0.15, -0.1) is 0 Å². The molecule has 0 aromatic heterocycles. The maximum absolute atomic E-state index is 11.7. The van der Waals surface area contributed by atoms with Crippen molar-refractivity contribution in [1.29, 1.82) is 0 Å². The molecule has 19 heavy (non-hydrogen) atoms. The van der Waals surface area contributed by atoms with Crippen molar-refractivity contribution < 1.29 is 24.0 Å². The van der Waals surface area contributed by atoms with Crippen LogP contribution in [-0.2, 0) is 14.3 Å². The summed E-state index contributed by atoms with van der Waals surface area (Å²) in [6, 6.07) is 4.98. The van der Waals surface area contributed by atoms with Crippen LogP contribution >= 0.6 is 0 Å². The Morgan fingerprint density at radius 1 is 1.37 bits per heavy atom. The highest BCUT2D eigenvalue weighted by Crippen LogP contribution is 2.16. The van der Waals surface area contributed by atoms with Crippen LogP contribution in [0.1, 0.15) is 23.2 Å². The Bertz CT molecular complexity index is 509. The van der Waals surface area contributed by atoms with Crippen LogP contribution in [0.15, 0.2) is 24.3 Å². The Balaban J connectivity index is 2.03. The van der Waals surface area contributed by atoms with Crippen molar-refractivity contribution in [2.75, 3.05) is 6.61 Å². The fourth-order valence-electron chi connectivity index (χ4n) is 1.68. The number of cyclic esters (lactones) is 1. The van der Waals surface area contributed by atoms with Crippen LogP contribution in [0.3, 0.4) is 0 Å². The lowest BCUT2D eigenvalue weighted by molar-refractivity contribution is -0.384. The molecule has 1 aliphatic rings. The van der Waals surface area contributed by atoms with Crippen LogP contribution in [-0.4, -0.2) is 29.6 Å². The molecular weight excluding hydrogens is 254 g/mol. The lowest BCUT2D eigenvalue weighted by Gasteiger charge is -2.20. The van der Waals surface area contributed by atoms with Gasteiger partial charge in [0.15, 0.2) is 6.10 Å². The minimum absolute atomic E-state index is 0.117. The number of rotatable bonds is 3. The summed E-state index contributed by atoms with van der Waals surface area (Å²) in [5, 5.41) is 10.5. The van der Waals surface area contributed by atoms with Crippen molar-refractivity contribution >= 4 is 17.6 Å². The van der Waals surface area contributed by atoms with Crippen molar-refractivity contribution in [1.82, 2.24) is 0 Å². The minimum atomic E-state index is -0.892. The average molecular weight is 265 g/mol. The quantitative estimate of drug-likeness (QED) is 0.466. The fourth-order valence-corrected chi connectivity index (χ4v) is 1.68. The third-order valence-corrected chi connectivity index (χ3v) is 2.68. The molecule has 2 rings (SSSR count). The van der Waals surface area contributed by atoms with Gasteiger partial charge in [-0.05, 0) is 25.0 Å². The summed E-state index contributed by atoms with van der Waals surface area (Å²) in [7, 11) is 0. The highest BCUT2D eigenvalue weighted by atomic mass is 16.6. The Morgan fingerprint density at radius 2 is 2.05 bits per heavy atom. The summed E-state index contributed by atoms with van der Waals surface area (Å²) >= 11 is 0. The zero-order chi connectivity index (χ0) is 13.8. The molecule has 1 heterocycles. The number of nitro groups is 1. The maximum atomic E-state index is 11.7. The van der Waals surface area contributed by atoms with Gasteiger partial charge >= 0.3 is 11.9 Å². The van der Waals surface area contributed by atoms with Gasteiger partial charge in [0.1, 0.15) is 0 Å². The van der Waals surface area contributed by atoms with Gasteiger partial charge in [0.25, 0.3) is 5.69 Å². The number of esters is 2. The number of carbonyl (C=O) groups excluding carboxylic acids is 2. The Kier molecular flexibility index (Phi) is 3.74. The predicted molar refractivity (Wildman–Crippen MR) is 62.5 cm³/mol. The molecule has 1 atom stereocenters. The van der Waals surface area contributed by atoms with Crippen LogP contribution in [0.25, 0.3) is 0 Å². The monoisotopic (exact) mass is 265 g/mol. The normalized spacial score (nSPS) is 18.5. The zero-order valence-electron chi connectivity index (χ0n) is 9.90.